The summed E-state index contributed by atoms with van der Waals surface area (Å²) in [6.45, 7) is 1.82. The lowest BCUT2D eigenvalue weighted by molar-refractivity contribution is 0.563. The highest BCUT2D eigenvalue weighted by molar-refractivity contribution is 5.38. The molecule has 1 unspecified atom stereocenters. The number of hydrogen-bond acceptors (Lipinski definition) is 2. The van der Waals surface area contributed by atoms with Gasteiger partial charge in [-0.2, -0.15) is 4.39 Å². The van der Waals surface area contributed by atoms with E-state index in [-0.39, 0.29) is 11.4 Å². The minimum atomic E-state index is -0.625. The molecule has 2 nitrogen and oxygen atoms in total. The summed E-state index contributed by atoms with van der Waals surface area (Å²) < 4.78 is 39.8. The molecule has 0 fully saturated rings. The summed E-state index contributed by atoms with van der Waals surface area (Å²) in [5, 5.41) is 2.90. The number of aromatic nitrogens is 1. The summed E-state index contributed by atoms with van der Waals surface area (Å²) in [5.74, 6) is -1.35. The fourth-order valence-corrected chi connectivity index (χ4v) is 1.85. The van der Waals surface area contributed by atoms with Gasteiger partial charge in [0.1, 0.15) is 17.5 Å². The number of rotatable bonds is 4. The van der Waals surface area contributed by atoms with Crippen LogP contribution < -0.4 is 5.32 Å². The molecule has 1 aromatic carbocycles. The van der Waals surface area contributed by atoms with E-state index in [9.17, 15) is 13.2 Å². The molecule has 1 heterocycles. The Kier molecular flexibility index (Phi) is 4.04. The van der Waals surface area contributed by atoms with Crippen LogP contribution in [0.25, 0.3) is 0 Å². The predicted molar refractivity (Wildman–Crippen MR) is 67.2 cm³/mol. The second-order valence-corrected chi connectivity index (χ2v) is 4.12. The van der Waals surface area contributed by atoms with E-state index in [1.807, 2.05) is 6.92 Å². The molecule has 2 aromatic rings. The van der Waals surface area contributed by atoms with Crippen molar-refractivity contribution >= 4 is 5.82 Å². The van der Waals surface area contributed by atoms with Crippen molar-refractivity contribution in [1.29, 1.82) is 0 Å². The zero-order chi connectivity index (χ0) is 13.8. The Labute approximate surface area is 109 Å². The van der Waals surface area contributed by atoms with Crippen molar-refractivity contribution in [2.45, 2.75) is 19.4 Å². The van der Waals surface area contributed by atoms with Crippen LogP contribution in [0.3, 0.4) is 0 Å². The first kappa shape index (κ1) is 13.4. The molecular formula is C14H13F3N2. The molecule has 1 N–H and O–H groups in total. The van der Waals surface area contributed by atoms with E-state index in [4.69, 9.17) is 0 Å². The van der Waals surface area contributed by atoms with E-state index >= 15 is 0 Å². The van der Waals surface area contributed by atoms with Crippen LogP contribution in [0, 0.1) is 17.6 Å². The summed E-state index contributed by atoms with van der Waals surface area (Å²) in [7, 11) is 0. The third kappa shape index (κ3) is 3.24. The number of hydrogen-bond donors (Lipinski definition) is 1. The van der Waals surface area contributed by atoms with E-state index in [2.05, 4.69) is 10.3 Å². The van der Waals surface area contributed by atoms with E-state index in [1.165, 1.54) is 12.1 Å². The van der Waals surface area contributed by atoms with Crippen LogP contribution in [-0.4, -0.2) is 4.98 Å². The van der Waals surface area contributed by atoms with Gasteiger partial charge in [-0.25, -0.2) is 13.8 Å². The normalized spacial score (nSPS) is 12.2. The fraction of sp³-hybridized carbons (Fsp3) is 0.214. The Hall–Kier alpha value is -2.04. The highest BCUT2D eigenvalue weighted by Gasteiger charge is 2.15. The lowest BCUT2D eigenvalue weighted by Crippen LogP contribution is -2.13. The lowest BCUT2D eigenvalue weighted by Gasteiger charge is -2.18. The molecule has 0 aliphatic heterocycles. The Morgan fingerprint density at radius 3 is 2.63 bits per heavy atom. The Morgan fingerprint density at radius 1 is 1.16 bits per heavy atom. The average molecular weight is 266 g/mol. The first-order chi connectivity index (χ1) is 9.10. The van der Waals surface area contributed by atoms with Crippen LogP contribution in [0.4, 0.5) is 19.0 Å². The molecule has 0 bridgehead atoms. The van der Waals surface area contributed by atoms with Gasteiger partial charge < -0.3 is 5.32 Å². The molecule has 2 rings (SSSR count). The van der Waals surface area contributed by atoms with Gasteiger partial charge >= 0.3 is 0 Å². The number of anilines is 1. The molecule has 19 heavy (non-hydrogen) atoms. The molecule has 100 valence electrons. The van der Waals surface area contributed by atoms with Crippen molar-refractivity contribution in [3.8, 4) is 0 Å². The zero-order valence-electron chi connectivity index (χ0n) is 10.3. The molecule has 1 aromatic heterocycles. The van der Waals surface area contributed by atoms with Gasteiger partial charge in [-0.3, -0.25) is 0 Å². The number of nitrogens with one attached hydrogen (secondary N) is 1. The maximum Gasteiger partial charge on any atom is 0.214 e. The maximum atomic E-state index is 13.7. The first-order valence-electron chi connectivity index (χ1n) is 5.94. The van der Waals surface area contributed by atoms with Gasteiger partial charge in [-0.15, -0.1) is 0 Å². The van der Waals surface area contributed by atoms with Gasteiger partial charge in [-0.1, -0.05) is 13.0 Å². The van der Waals surface area contributed by atoms with Gasteiger partial charge in [0.15, 0.2) is 0 Å². The standard InChI is InChI=1S/C14H13F3N2/c1-2-12(10-8-9(15)6-7-11(10)16)18-14-5-3-4-13(17)19-14/h3-8,12H,2H2,1H3,(H,18,19). The van der Waals surface area contributed by atoms with Crippen LogP contribution in [-0.2, 0) is 0 Å². The van der Waals surface area contributed by atoms with E-state index < -0.39 is 23.6 Å². The minimum Gasteiger partial charge on any atom is -0.363 e. The first-order valence-corrected chi connectivity index (χ1v) is 5.94. The quantitative estimate of drug-likeness (QED) is 0.844. The van der Waals surface area contributed by atoms with Crippen molar-refractivity contribution in [3.63, 3.8) is 0 Å². The maximum absolute atomic E-state index is 13.7. The fourth-order valence-electron chi connectivity index (χ4n) is 1.85. The molecule has 0 saturated heterocycles. The van der Waals surface area contributed by atoms with E-state index in [0.29, 0.717) is 6.42 Å². The van der Waals surface area contributed by atoms with Crippen molar-refractivity contribution in [2.24, 2.45) is 0 Å². The monoisotopic (exact) mass is 266 g/mol. The second-order valence-electron chi connectivity index (χ2n) is 4.12. The third-order valence-electron chi connectivity index (χ3n) is 2.78. The number of nitrogens with zero attached hydrogens (tertiary/aromatic N) is 1. The Balaban J connectivity index is 2.27. The molecular weight excluding hydrogens is 253 g/mol. The van der Waals surface area contributed by atoms with Gasteiger partial charge in [0, 0.05) is 5.56 Å². The van der Waals surface area contributed by atoms with Crippen molar-refractivity contribution in [3.05, 3.63) is 59.5 Å². The lowest BCUT2D eigenvalue weighted by atomic mass is 10.0. The smallest absolute Gasteiger partial charge is 0.214 e. The summed E-state index contributed by atoms with van der Waals surface area (Å²) in [6.07, 6.45) is 0.512. The van der Waals surface area contributed by atoms with Crippen molar-refractivity contribution in [2.75, 3.05) is 5.32 Å². The number of pyridine rings is 1. The van der Waals surface area contributed by atoms with E-state index in [1.54, 1.807) is 6.07 Å². The van der Waals surface area contributed by atoms with Crippen molar-refractivity contribution < 1.29 is 13.2 Å². The second kappa shape index (κ2) is 5.73. The zero-order valence-corrected chi connectivity index (χ0v) is 10.3. The molecule has 0 radical (unpaired) electrons. The number of benzene rings is 1. The van der Waals surface area contributed by atoms with E-state index in [0.717, 1.165) is 18.2 Å². The average Bonchev–Trinajstić information content (AvgIpc) is 2.39. The summed E-state index contributed by atoms with van der Waals surface area (Å²) in [4.78, 5) is 3.64. The minimum absolute atomic E-state index is 0.202. The molecule has 1 atom stereocenters. The van der Waals surface area contributed by atoms with Crippen LogP contribution in [0.5, 0.6) is 0 Å². The van der Waals surface area contributed by atoms with Gasteiger partial charge in [0.05, 0.1) is 6.04 Å². The third-order valence-corrected chi connectivity index (χ3v) is 2.78. The molecule has 0 aliphatic carbocycles. The molecule has 0 aliphatic rings. The Morgan fingerprint density at radius 2 is 1.95 bits per heavy atom. The summed E-state index contributed by atoms with van der Waals surface area (Å²) in [6, 6.07) is 7.09. The van der Waals surface area contributed by atoms with Gasteiger partial charge in [0.2, 0.25) is 5.95 Å². The van der Waals surface area contributed by atoms with Gasteiger partial charge in [0.25, 0.3) is 0 Å². The van der Waals surface area contributed by atoms with Crippen LogP contribution >= 0.6 is 0 Å². The van der Waals surface area contributed by atoms with Crippen molar-refractivity contribution in [1.82, 2.24) is 4.98 Å². The molecule has 0 spiro atoms. The Bertz CT molecular complexity index is 572. The van der Waals surface area contributed by atoms with Gasteiger partial charge in [-0.05, 0) is 36.8 Å². The molecule has 5 heteroatoms. The summed E-state index contributed by atoms with van der Waals surface area (Å²) >= 11 is 0. The molecule has 0 amide bonds. The topological polar surface area (TPSA) is 24.9 Å². The summed E-state index contributed by atoms with van der Waals surface area (Å²) in [5.41, 5.74) is 0.202. The highest BCUT2D eigenvalue weighted by Crippen LogP contribution is 2.24. The highest BCUT2D eigenvalue weighted by atomic mass is 19.1. The largest absolute Gasteiger partial charge is 0.363 e. The van der Waals surface area contributed by atoms with Crippen LogP contribution in [0.2, 0.25) is 0 Å². The molecule has 0 saturated carbocycles. The SMILES string of the molecule is CCC(Nc1cccc(F)n1)c1cc(F)ccc1F. The number of halogens is 3. The predicted octanol–water partition coefficient (Wildman–Crippen LogP) is 4.06. The van der Waals surface area contributed by atoms with Crippen LogP contribution in [0.1, 0.15) is 24.9 Å². The van der Waals surface area contributed by atoms with Crippen LogP contribution in [0.15, 0.2) is 36.4 Å².